The van der Waals surface area contributed by atoms with E-state index in [4.69, 9.17) is 9.84 Å². The van der Waals surface area contributed by atoms with Gasteiger partial charge < -0.3 is 15.2 Å². The maximum atomic E-state index is 8.84. The van der Waals surface area contributed by atoms with E-state index in [1.807, 2.05) is 6.92 Å². The zero-order chi connectivity index (χ0) is 9.40. The molecular weight excluding hydrogens is 154 g/mol. The molecule has 0 heterocycles. The van der Waals surface area contributed by atoms with Gasteiger partial charge in [-0.25, -0.2) is 0 Å². The highest BCUT2D eigenvalue weighted by Gasteiger charge is 2.08. The number of hydrogen-bond acceptors (Lipinski definition) is 3. The predicted molar refractivity (Wildman–Crippen MR) is 50.2 cm³/mol. The van der Waals surface area contributed by atoms with Gasteiger partial charge in [0.15, 0.2) is 0 Å². The van der Waals surface area contributed by atoms with Gasteiger partial charge >= 0.3 is 0 Å². The monoisotopic (exact) mass is 175 g/mol. The third kappa shape index (κ3) is 5.52. The summed E-state index contributed by atoms with van der Waals surface area (Å²) in [5.74, 6) is 0.326. The largest absolute Gasteiger partial charge is 0.396 e. The van der Waals surface area contributed by atoms with E-state index in [1.54, 1.807) is 7.11 Å². The Labute approximate surface area is 75.1 Å². The van der Waals surface area contributed by atoms with Crippen molar-refractivity contribution in [3.63, 3.8) is 0 Å². The maximum Gasteiger partial charge on any atom is 0.0474 e. The molecule has 0 bridgehead atoms. The lowest BCUT2D eigenvalue weighted by Gasteiger charge is -2.18. The standard InChI is InChI=1S/C9H21NO2/c1-8(7-11)9(2)10-5-4-6-12-3/h8-11H,4-7H2,1-3H3. The zero-order valence-electron chi connectivity index (χ0n) is 8.34. The topological polar surface area (TPSA) is 41.5 Å². The summed E-state index contributed by atoms with van der Waals surface area (Å²) in [5, 5.41) is 12.2. The summed E-state index contributed by atoms with van der Waals surface area (Å²) in [6.45, 7) is 6.13. The number of ether oxygens (including phenoxy) is 1. The van der Waals surface area contributed by atoms with E-state index in [0.717, 1.165) is 19.6 Å². The van der Waals surface area contributed by atoms with Gasteiger partial charge in [0.05, 0.1) is 0 Å². The quantitative estimate of drug-likeness (QED) is 0.558. The fourth-order valence-corrected chi connectivity index (χ4v) is 0.906. The molecular formula is C9H21NO2. The van der Waals surface area contributed by atoms with E-state index in [0.29, 0.717) is 12.0 Å². The van der Waals surface area contributed by atoms with Gasteiger partial charge in [0.25, 0.3) is 0 Å². The molecule has 0 radical (unpaired) electrons. The van der Waals surface area contributed by atoms with Crippen LogP contribution in [0.2, 0.25) is 0 Å². The molecule has 12 heavy (non-hydrogen) atoms. The summed E-state index contributed by atoms with van der Waals surface area (Å²) in [5.41, 5.74) is 0. The molecule has 0 aliphatic rings. The van der Waals surface area contributed by atoms with Crippen LogP contribution < -0.4 is 5.32 Å². The van der Waals surface area contributed by atoms with Crippen molar-refractivity contribution in [3.05, 3.63) is 0 Å². The molecule has 3 heteroatoms. The van der Waals surface area contributed by atoms with Crippen LogP contribution in [0.1, 0.15) is 20.3 Å². The van der Waals surface area contributed by atoms with E-state index in [9.17, 15) is 0 Å². The van der Waals surface area contributed by atoms with Gasteiger partial charge in [-0.1, -0.05) is 6.92 Å². The molecule has 0 fully saturated rings. The van der Waals surface area contributed by atoms with Crippen molar-refractivity contribution in [2.45, 2.75) is 26.3 Å². The molecule has 2 N–H and O–H groups in total. The van der Waals surface area contributed by atoms with Gasteiger partial charge in [0.2, 0.25) is 0 Å². The van der Waals surface area contributed by atoms with Gasteiger partial charge in [-0.05, 0) is 25.8 Å². The van der Waals surface area contributed by atoms with Crippen LogP contribution in [0, 0.1) is 5.92 Å². The maximum absolute atomic E-state index is 8.84. The van der Waals surface area contributed by atoms with Crippen molar-refractivity contribution in [2.24, 2.45) is 5.92 Å². The minimum absolute atomic E-state index is 0.248. The molecule has 3 nitrogen and oxygen atoms in total. The Morgan fingerprint density at radius 3 is 2.58 bits per heavy atom. The minimum atomic E-state index is 0.248. The van der Waals surface area contributed by atoms with Crippen molar-refractivity contribution in [1.82, 2.24) is 5.32 Å². The molecule has 0 aromatic heterocycles. The number of nitrogens with one attached hydrogen (secondary N) is 1. The molecule has 0 aliphatic heterocycles. The molecule has 0 rings (SSSR count). The second-order valence-electron chi connectivity index (χ2n) is 3.25. The number of methoxy groups -OCH3 is 1. The van der Waals surface area contributed by atoms with E-state index in [2.05, 4.69) is 12.2 Å². The van der Waals surface area contributed by atoms with Crippen molar-refractivity contribution >= 4 is 0 Å². The summed E-state index contributed by atoms with van der Waals surface area (Å²) in [4.78, 5) is 0. The number of aliphatic hydroxyl groups excluding tert-OH is 1. The third-order valence-corrected chi connectivity index (χ3v) is 2.13. The molecule has 0 spiro atoms. The zero-order valence-corrected chi connectivity index (χ0v) is 8.34. The lowest BCUT2D eigenvalue weighted by atomic mass is 10.1. The third-order valence-electron chi connectivity index (χ3n) is 2.13. The van der Waals surface area contributed by atoms with Crippen LogP contribution in [-0.2, 0) is 4.74 Å². The van der Waals surface area contributed by atoms with E-state index in [1.165, 1.54) is 0 Å². The fraction of sp³-hybridized carbons (Fsp3) is 1.00. The van der Waals surface area contributed by atoms with Crippen molar-refractivity contribution in [2.75, 3.05) is 26.9 Å². The van der Waals surface area contributed by atoms with E-state index >= 15 is 0 Å². The molecule has 0 amide bonds. The fourth-order valence-electron chi connectivity index (χ4n) is 0.906. The molecule has 0 saturated carbocycles. The Kier molecular flexibility index (Phi) is 7.45. The van der Waals surface area contributed by atoms with Crippen LogP contribution in [0.3, 0.4) is 0 Å². The van der Waals surface area contributed by atoms with Crippen LogP contribution in [0.4, 0.5) is 0 Å². The van der Waals surface area contributed by atoms with Crippen molar-refractivity contribution < 1.29 is 9.84 Å². The molecule has 0 saturated heterocycles. The summed E-state index contributed by atoms with van der Waals surface area (Å²) in [6, 6.07) is 0.381. The van der Waals surface area contributed by atoms with Crippen LogP contribution in [0.25, 0.3) is 0 Å². The van der Waals surface area contributed by atoms with Gasteiger partial charge in [-0.3, -0.25) is 0 Å². The first kappa shape index (κ1) is 11.9. The van der Waals surface area contributed by atoms with Crippen LogP contribution in [0.5, 0.6) is 0 Å². The van der Waals surface area contributed by atoms with Crippen LogP contribution in [-0.4, -0.2) is 38.0 Å². The summed E-state index contributed by atoms with van der Waals surface area (Å²) in [7, 11) is 1.71. The highest BCUT2D eigenvalue weighted by Crippen LogP contribution is 1.99. The lowest BCUT2D eigenvalue weighted by molar-refractivity contribution is 0.185. The second-order valence-corrected chi connectivity index (χ2v) is 3.25. The van der Waals surface area contributed by atoms with E-state index in [-0.39, 0.29) is 6.61 Å². The van der Waals surface area contributed by atoms with Crippen molar-refractivity contribution in [1.29, 1.82) is 0 Å². The Balaban J connectivity index is 3.24. The Morgan fingerprint density at radius 2 is 2.08 bits per heavy atom. The normalized spacial score (nSPS) is 16.0. The molecule has 0 aromatic rings. The van der Waals surface area contributed by atoms with Crippen LogP contribution in [0.15, 0.2) is 0 Å². The van der Waals surface area contributed by atoms with Gasteiger partial charge in [-0.2, -0.15) is 0 Å². The number of hydrogen-bond donors (Lipinski definition) is 2. The van der Waals surface area contributed by atoms with Gasteiger partial charge in [0, 0.05) is 26.4 Å². The first-order valence-electron chi connectivity index (χ1n) is 4.55. The average molecular weight is 175 g/mol. The molecule has 74 valence electrons. The lowest BCUT2D eigenvalue weighted by Crippen LogP contribution is -2.34. The summed E-state index contributed by atoms with van der Waals surface area (Å²) >= 11 is 0. The predicted octanol–water partition coefficient (Wildman–Crippen LogP) is 0.629. The van der Waals surface area contributed by atoms with Crippen molar-refractivity contribution in [3.8, 4) is 0 Å². The molecule has 0 aromatic carbocycles. The average Bonchev–Trinajstić information content (AvgIpc) is 2.10. The Bertz CT molecular complexity index is 98.5. The van der Waals surface area contributed by atoms with Crippen LogP contribution >= 0.6 is 0 Å². The highest BCUT2D eigenvalue weighted by atomic mass is 16.5. The Hall–Kier alpha value is -0.120. The second kappa shape index (κ2) is 7.53. The molecule has 2 atom stereocenters. The number of rotatable bonds is 7. The van der Waals surface area contributed by atoms with Gasteiger partial charge in [0.1, 0.15) is 0 Å². The van der Waals surface area contributed by atoms with Gasteiger partial charge in [-0.15, -0.1) is 0 Å². The first-order valence-corrected chi connectivity index (χ1v) is 4.55. The SMILES string of the molecule is COCCCNC(C)C(C)CO. The molecule has 0 aliphatic carbocycles. The smallest absolute Gasteiger partial charge is 0.0474 e. The summed E-state index contributed by atoms with van der Waals surface area (Å²) in [6.07, 6.45) is 1.03. The number of aliphatic hydroxyl groups is 1. The van der Waals surface area contributed by atoms with E-state index < -0.39 is 0 Å². The summed E-state index contributed by atoms with van der Waals surface area (Å²) < 4.78 is 4.92. The Morgan fingerprint density at radius 1 is 1.42 bits per heavy atom. The molecule has 2 unspecified atom stereocenters. The minimum Gasteiger partial charge on any atom is -0.396 e. The first-order chi connectivity index (χ1) is 5.72. The highest BCUT2D eigenvalue weighted by molar-refractivity contribution is 4.66.